The molecule has 0 aliphatic carbocycles. The third-order valence-corrected chi connectivity index (χ3v) is 3.39. The molecule has 0 N–H and O–H groups in total. The van der Waals surface area contributed by atoms with Crippen molar-refractivity contribution in [3.63, 3.8) is 0 Å². The van der Waals surface area contributed by atoms with Crippen molar-refractivity contribution in [2.75, 3.05) is 33.4 Å². The molecule has 1 amide bonds. The summed E-state index contributed by atoms with van der Waals surface area (Å²) in [6.07, 6.45) is 1.25. The first-order valence-electron chi connectivity index (χ1n) is 6.86. The minimum Gasteiger partial charge on any atom is -0.490 e. The van der Waals surface area contributed by atoms with Crippen LogP contribution < -0.4 is 4.74 Å². The van der Waals surface area contributed by atoms with Gasteiger partial charge in [0.05, 0.1) is 19.6 Å². The molecule has 0 radical (unpaired) electrons. The standard InChI is InChI=1S/C15H20FNO3/c1-17(10-12-6-8-19-11-12)15(18)7-9-20-14-5-3-2-4-13(14)16/h2-5,12H,6-11H2,1H3. The van der Waals surface area contributed by atoms with E-state index in [0.29, 0.717) is 12.5 Å². The van der Waals surface area contributed by atoms with Gasteiger partial charge in [-0.25, -0.2) is 4.39 Å². The Hall–Kier alpha value is -1.62. The van der Waals surface area contributed by atoms with E-state index in [-0.39, 0.29) is 24.7 Å². The molecule has 0 spiro atoms. The molecule has 1 aliphatic heterocycles. The SMILES string of the molecule is CN(CC1CCOC1)C(=O)CCOc1ccccc1F. The Kier molecular flexibility index (Phi) is 5.35. The lowest BCUT2D eigenvalue weighted by Crippen LogP contribution is -2.32. The van der Waals surface area contributed by atoms with E-state index < -0.39 is 5.82 Å². The van der Waals surface area contributed by atoms with Crippen molar-refractivity contribution >= 4 is 5.91 Å². The molecule has 1 atom stereocenters. The second kappa shape index (κ2) is 7.24. The zero-order valence-corrected chi connectivity index (χ0v) is 11.7. The Morgan fingerprint density at radius 3 is 3.00 bits per heavy atom. The molecule has 1 heterocycles. The molecule has 1 aromatic carbocycles. The summed E-state index contributed by atoms with van der Waals surface area (Å²) in [6.45, 7) is 2.40. The van der Waals surface area contributed by atoms with Gasteiger partial charge in [0, 0.05) is 26.1 Å². The van der Waals surface area contributed by atoms with Crippen molar-refractivity contribution in [3.8, 4) is 5.75 Å². The molecule has 0 saturated carbocycles. The Bertz CT molecular complexity index is 446. The number of rotatable bonds is 6. The van der Waals surface area contributed by atoms with E-state index in [1.807, 2.05) is 0 Å². The molecule has 1 saturated heterocycles. The van der Waals surface area contributed by atoms with Crippen LogP contribution in [0.25, 0.3) is 0 Å². The molecule has 1 aliphatic rings. The molecule has 1 fully saturated rings. The highest BCUT2D eigenvalue weighted by Crippen LogP contribution is 2.16. The van der Waals surface area contributed by atoms with Crippen LogP contribution in [0.15, 0.2) is 24.3 Å². The van der Waals surface area contributed by atoms with Gasteiger partial charge in [0.1, 0.15) is 0 Å². The van der Waals surface area contributed by atoms with Crippen LogP contribution >= 0.6 is 0 Å². The van der Waals surface area contributed by atoms with Crippen molar-refractivity contribution in [1.82, 2.24) is 4.90 Å². The van der Waals surface area contributed by atoms with Crippen molar-refractivity contribution in [1.29, 1.82) is 0 Å². The number of carbonyl (C=O) groups excluding carboxylic acids is 1. The fourth-order valence-corrected chi connectivity index (χ4v) is 2.22. The van der Waals surface area contributed by atoms with E-state index in [9.17, 15) is 9.18 Å². The maximum Gasteiger partial charge on any atom is 0.225 e. The largest absolute Gasteiger partial charge is 0.490 e. The van der Waals surface area contributed by atoms with Gasteiger partial charge in [0.15, 0.2) is 11.6 Å². The second-order valence-corrected chi connectivity index (χ2v) is 5.03. The zero-order valence-electron chi connectivity index (χ0n) is 11.7. The van der Waals surface area contributed by atoms with Gasteiger partial charge < -0.3 is 14.4 Å². The minimum absolute atomic E-state index is 0.00763. The van der Waals surface area contributed by atoms with E-state index in [0.717, 1.165) is 19.6 Å². The predicted octanol–water partition coefficient (Wildman–Crippen LogP) is 2.09. The maximum absolute atomic E-state index is 13.3. The normalized spacial score (nSPS) is 18.0. The van der Waals surface area contributed by atoms with Crippen LogP contribution in [0.3, 0.4) is 0 Å². The molecular weight excluding hydrogens is 261 g/mol. The van der Waals surface area contributed by atoms with Crippen molar-refractivity contribution in [2.24, 2.45) is 5.92 Å². The number of carbonyl (C=O) groups is 1. The molecule has 5 heteroatoms. The number of ether oxygens (including phenoxy) is 2. The summed E-state index contributed by atoms with van der Waals surface area (Å²) in [5.74, 6) is 0.216. The van der Waals surface area contributed by atoms with Gasteiger partial charge in [-0.2, -0.15) is 0 Å². The highest BCUT2D eigenvalue weighted by Gasteiger charge is 2.19. The molecule has 20 heavy (non-hydrogen) atoms. The summed E-state index contributed by atoms with van der Waals surface area (Å²) in [4.78, 5) is 13.6. The van der Waals surface area contributed by atoms with Gasteiger partial charge in [-0.3, -0.25) is 4.79 Å². The fraction of sp³-hybridized carbons (Fsp3) is 0.533. The average molecular weight is 281 g/mol. The van der Waals surface area contributed by atoms with Crippen molar-refractivity contribution < 1.29 is 18.7 Å². The molecule has 0 bridgehead atoms. The molecule has 2 rings (SSSR count). The van der Waals surface area contributed by atoms with E-state index >= 15 is 0 Å². The van der Waals surface area contributed by atoms with E-state index in [2.05, 4.69) is 0 Å². The first-order valence-corrected chi connectivity index (χ1v) is 6.86. The highest BCUT2D eigenvalue weighted by atomic mass is 19.1. The molecule has 110 valence electrons. The van der Waals surface area contributed by atoms with Crippen LogP contribution in [0.4, 0.5) is 4.39 Å². The van der Waals surface area contributed by atoms with Crippen molar-refractivity contribution in [3.05, 3.63) is 30.1 Å². The van der Waals surface area contributed by atoms with Crippen LogP contribution in [0.1, 0.15) is 12.8 Å². The summed E-state index contributed by atoms with van der Waals surface area (Å²) in [5.41, 5.74) is 0. The van der Waals surface area contributed by atoms with Crippen LogP contribution in [0.5, 0.6) is 5.75 Å². The van der Waals surface area contributed by atoms with Gasteiger partial charge in [-0.1, -0.05) is 12.1 Å². The number of para-hydroxylation sites is 1. The van der Waals surface area contributed by atoms with Gasteiger partial charge in [-0.05, 0) is 18.6 Å². The minimum atomic E-state index is -0.406. The van der Waals surface area contributed by atoms with E-state index in [1.165, 1.54) is 6.07 Å². The summed E-state index contributed by atoms with van der Waals surface area (Å²) in [6, 6.07) is 6.19. The van der Waals surface area contributed by atoms with Crippen LogP contribution in [0, 0.1) is 11.7 Å². The van der Waals surface area contributed by atoms with Crippen molar-refractivity contribution in [2.45, 2.75) is 12.8 Å². The quantitative estimate of drug-likeness (QED) is 0.801. The smallest absolute Gasteiger partial charge is 0.225 e. The fourth-order valence-electron chi connectivity index (χ4n) is 2.22. The number of amides is 1. The number of benzene rings is 1. The molecule has 1 aromatic rings. The summed E-state index contributed by atoms with van der Waals surface area (Å²) in [7, 11) is 1.78. The molecule has 0 aromatic heterocycles. The van der Waals surface area contributed by atoms with Gasteiger partial charge in [-0.15, -0.1) is 0 Å². The Morgan fingerprint density at radius 2 is 2.30 bits per heavy atom. The lowest BCUT2D eigenvalue weighted by molar-refractivity contribution is -0.131. The van der Waals surface area contributed by atoms with Crippen LogP contribution in [0.2, 0.25) is 0 Å². The Labute approximate surface area is 118 Å². The van der Waals surface area contributed by atoms with Gasteiger partial charge in [0.25, 0.3) is 0 Å². The van der Waals surface area contributed by atoms with E-state index in [4.69, 9.17) is 9.47 Å². The lowest BCUT2D eigenvalue weighted by Gasteiger charge is -2.20. The monoisotopic (exact) mass is 281 g/mol. The first-order chi connectivity index (χ1) is 9.66. The third kappa shape index (κ3) is 4.20. The number of nitrogens with zero attached hydrogens (tertiary/aromatic N) is 1. The Morgan fingerprint density at radius 1 is 1.50 bits per heavy atom. The van der Waals surface area contributed by atoms with Gasteiger partial charge >= 0.3 is 0 Å². The molecular formula is C15H20FNO3. The second-order valence-electron chi connectivity index (χ2n) is 5.03. The maximum atomic E-state index is 13.3. The number of hydrogen-bond donors (Lipinski definition) is 0. The number of halogens is 1. The summed E-state index contributed by atoms with van der Waals surface area (Å²) in [5, 5.41) is 0. The predicted molar refractivity (Wildman–Crippen MR) is 73.1 cm³/mol. The first kappa shape index (κ1) is 14.8. The number of hydrogen-bond acceptors (Lipinski definition) is 3. The van der Waals surface area contributed by atoms with Crippen LogP contribution in [-0.2, 0) is 9.53 Å². The van der Waals surface area contributed by atoms with E-state index in [1.54, 1.807) is 30.1 Å². The Balaban J connectivity index is 1.70. The summed E-state index contributed by atoms with van der Waals surface area (Å²) >= 11 is 0. The third-order valence-electron chi connectivity index (χ3n) is 3.39. The average Bonchev–Trinajstić information content (AvgIpc) is 2.93. The topological polar surface area (TPSA) is 38.8 Å². The zero-order chi connectivity index (χ0) is 14.4. The molecule has 1 unspecified atom stereocenters. The summed E-state index contributed by atoms with van der Waals surface area (Å²) < 4.78 is 23.9. The molecule has 4 nitrogen and oxygen atoms in total. The highest BCUT2D eigenvalue weighted by molar-refractivity contribution is 5.76. The van der Waals surface area contributed by atoms with Crippen LogP contribution in [-0.4, -0.2) is 44.2 Å². The lowest BCUT2D eigenvalue weighted by atomic mass is 10.1. The van der Waals surface area contributed by atoms with Gasteiger partial charge in [0.2, 0.25) is 5.91 Å².